The van der Waals surface area contributed by atoms with E-state index in [1.807, 2.05) is 0 Å². The summed E-state index contributed by atoms with van der Waals surface area (Å²) < 4.78 is 123. The summed E-state index contributed by atoms with van der Waals surface area (Å²) in [5.41, 5.74) is -0.679. The van der Waals surface area contributed by atoms with Crippen LogP contribution in [0.4, 0.5) is 30.7 Å². The van der Waals surface area contributed by atoms with Crippen LogP contribution in [-0.4, -0.2) is 52.0 Å². The van der Waals surface area contributed by atoms with E-state index in [1.54, 1.807) is 6.92 Å². The molecule has 230 valence electrons. The molecular formula is C26H22F7N5O4S. The van der Waals surface area contributed by atoms with Crippen molar-refractivity contribution in [1.82, 2.24) is 24.6 Å². The Balaban J connectivity index is 1.60. The largest absolute Gasteiger partial charge is 0.573 e. The number of halogens is 7. The van der Waals surface area contributed by atoms with Crippen LogP contribution in [0.1, 0.15) is 24.9 Å². The smallest absolute Gasteiger partial charge is 0.403 e. The Labute approximate surface area is 240 Å². The Kier molecular flexibility index (Phi) is 8.78. The number of sulfonamides is 1. The molecule has 1 aromatic carbocycles. The van der Waals surface area contributed by atoms with Crippen molar-refractivity contribution in [2.75, 3.05) is 0 Å². The van der Waals surface area contributed by atoms with Crippen LogP contribution in [0.5, 0.6) is 5.75 Å². The lowest BCUT2D eigenvalue weighted by Gasteiger charge is -2.27. The van der Waals surface area contributed by atoms with Gasteiger partial charge in [-0.2, -0.15) is 17.5 Å². The molecule has 1 amide bonds. The van der Waals surface area contributed by atoms with Gasteiger partial charge in [-0.05, 0) is 49.6 Å². The van der Waals surface area contributed by atoms with Crippen molar-refractivity contribution in [3.8, 4) is 16.9 Å². The Bertz CT molecular complexity index is 1600. The number of hydrogen-bond acceptors (Lipinski definition) is 7. The van der Waals surface area contributed by atoms with Gasteiger partial charge in [0.25, 0.3) is 0 Å². The number of aromatic nitrogens is 3. The fourth-order valence-corrected chi connectivity index (χ4v) is 6.42. The lowest BCUT2D eigenvalue weighted by atomic mass is 10.0. The first-order valence-electron chi connectivity index (χ1n) is 12.3. The number of ether oxygens (including phenoxy) is 1. The molecule has 1 N–H and O–H groups in total. The number of benzene rings is 1. The van der Waals surface area contributed by atoms with Crippen LogP contribution in [0.2, 0.25) is 0 Å². The standard InChI is InChI=1S/C26H22F7N5O4S/c1-3-15-8-21(38(14(15)2)43(40,41)19-6-4-17(27)5-7-19)23(39)35-12-18-9-20(22(13-34-18)42-26(31,32)33)16-10-36-24(37-11-16)25(28,29)30/h3-7,9-11,13-15,21H,1,8,12H2,2H3,(H,35,39)/t14-,15+,21-/m0/s1. The average molecular weight is 634 g/mol. The Morgan fingerprint density at radius 1 is 1.09 bits per heavy atom. The topological polar surface area (TPSA) is 114 Å². The molecule has 1 aliphatic rings. The van der Waals surface area contributed by atoms with Crippen LogP contribution in [-0.2, 0) is 27.5 Å². The molecule has 0 spiro atoms. The van der Waals surface area contributed by atoms with E-state index in [0.29, 0.717) is 18.6 Å². The van der Waals surface area contributed by atoms with E-state index in [1.165, 1.54) is 6.08 Å². The summed E-state index contributed by atoms with van der Waals surface area (Å²) in [6.45, 7) is 4.87. The molecule has 17 heteroatoms. The summed E-state index contributed by atoms with van der Waals surface area (Å²) in [4.78, 5) is 23.2. The van der Waals surface area contributed by atoms with Crippen molar-refractivity contribution < 1.29 is 48.7 Å². The molecule has 0 bridgehead atoms. The molecule has 0 unspecified atom stereocenters. The maximum atomic E-state index is 13.4. The molecule has 43 heavy (non-hydrogen) atoms. The summed E-state index contributed by atoms with van der Waals surface area (Å²) >= 11 is 0. The van der Waals surface area contributed by atoms with Crippen LogP contribution < -0.4 is 10.1 Å². The van der Waals surface area contributed by atoms with E-state index in [0.717, 1.165) is 34.6 Å². The van der Waals surface area contributed by atoms with Gasteiger partial charge >= 0.3 is 12.5 Å². The maximum absolute atomic E-state index is 13.4. The fraction of sp³-hybridized carbons (Fsp3) is 0.308. The normalized spacial score (nSPS) is 19.7. The summed E-state index contributed by atoms with van der Waals surface area (Å²) in [5.74, 6) is -4.22. The third-order valence-electron chi connectivity index (χ3n) is 6.63. The van der Waals surface area contributed by atoms with E-state index >= 15 is 0 Å². The quantitative estimate of drug-likeness (QED) is 0.278. The van der Waals surface area contributed by atoms with Crippen LogP contribution in [0, 0.1) is 11.7 Å². The number of nitrogens with zero attached hydrogens (tertiary/aromatic N) is 4. The third-order valence-corrected chi connectivity index (χ3v) is 8.64. The Hall–Kier alpha value is -4.12. The average Bonchev–Trinajstić information content (AvgIpc) is 3.28. The van der Waals surface area contributed by atoms with Crippen molar-refractivity contribution in [2.24, 2.45) is 5.92 Å². The van der Waals surface area contributed by atoms with Crippen molar-refractivity contribution in [1.29, 1.82) is 0 Å². The van der Waals surface area contributed by atoms with Gasteiger partial charge in [-0.25, -0.2) is 22.8 Å². The lowest BCUT2D eigenvalue weighted by molar-refractivity contribution is -0.274. The van der Waals surface area contributed by atoms with Crippen molar-refractivity contribution in [2.45, 2.75) is 49.4 Å². The van der Waals surface area contributed by atoms with Crippen LogP contribution >= 0.6 is 0 Å². The number of carbonyl (C=O) groups excluding carboxylic acids is 1. The fourth-order valence-electron chi connectivity index (χ4n) is 4.58. The van der Waals surface area contributed by atoms with Gasteiger partial charge in [0.2, 0.25) is 21.8 Å². The molecule has 1 fully saturated rings. The minimum Gasteiger partial charge on any atom is -0.403 e. The second-order valence-electron chi connectivity index (χ2n) is 9.41. The number of carbonyl (C=O) groups is 1. The van der Waals surface area contributed by atoms with Gasteiger partial charge in [0.1, 0.15) is 11.9 Å². The van der Waals surface area contributed by atoms with Gasteiger partial charge in [0, 0.05) is 29.6 Å². The molecule has 0 aliphatic carbocycles. The van der Waals surface area contributed by atoms with Gasteiger partial charge in [-0.15, -0.1) is 19.8 Å². The molecule has 0 saturated carbocycles. The van der Waals surface area contributed by atoms with E-state index < -0.39 is 70.4 Å². The van der Waals surface area contributed by atoms with Crippen molar-refractivity contribution in [3.05, 3.63) is 78.9 Å². The molecule has 1 aliphatic heterocycles. The number of pyridine rings is 1. The second kappa shape index (κ2) is 11.9. The van der Waals surface area contributed by atoms with E-state index in [4.69, 9.17) is 0 Å². The first-order chi connectivity index (χ1) is 20.0. The highest BCUT2D eigenvalue weighted by atomic mass is 32.2. The van der Waals surface area contributed by atoms with Crippen LogP contribution in [0.3, 0.4) is 0 Å². The number of alkyl halides is 6. The highest BCUT2D eigenvalue weighted by Crippen LogP contribution is 2.37. The molecule has 4 rings (SSSR count). The maximum Gasteiger partial charge on any atom is 0.573 e. The summed E-state index contributed by atoms with van der Waals surface area (Å²) in [5, 5.41) is 2.50. The van der Waals surface area contributed by atoms with E-state index in [2.05, 4.69) is 31.6 Å². The number of hydrogen-bond donors (Lipinski definition) is 1. The van der Waals surface area contributed by atoms with Gasteiger partial charge in [0.15, 0.2) is 5.75 Å². The SMILES string of the molecule is C=C[C@@H]1C[C@@H](C(=O)NCc2cc(-c3cnc(C(F)(F)F)nc3)c(OC(F)(F)F)cn2)N(S(=O)(=O)c2ccc(F)cc2)[C@H]1C. The molecule has 3 heterocycles. The highest BCUT2D eigenvalue weighted by Gasteiger charge is 2.47. The third kappa shape index (κ3) is 7.10. The molecule has 3 aromatic rings. The molecule has 1 saturated heterocycles. The van der Waals surface area contributed by atoms with E-state index in [9.17, 15) is 43.9 Å². The van der Waals surface area contributed by atoms with Crippen LogP contribution in [0.25, 0.3) is 11.1 Å². The molecule has 9 nitrogen and oxygen atoms in total. The first kappa shape index (κ1) is 31.8. The monoisotopic (exact) mass is 633 g/mol. The highest BCUT2D eigenvalue weighted by molar-refractivity contribution is 7.89. The Morgan fingerprint density at radius 3 is 2.28 bits per heavy atom. The van der Waals surface area contributed by atoms with E-state index in [-0.39, 0.29) is 28.1 Å². The molecule has 3 atom stereocenters. The zero-order chi connectivity index (χ0) is 31.7. The first-order valence-corrected chi connectivity index (χ1v) is 13.8. The van der Waals surface area contributed by atoms with Gasteiger partial charge in [-0.1, -0.05) is 6.08 Å². The number of rotatable bonds is 8. The minimum atomic E-state index is -5.17. The number of amides is 1. The summed E-state index contributed by atoms with van der Waals surface area (Å²) in [7, 11) is -4.28. The predicted molar refractivity (Wildman–Crippen MR) is 136 cm³/mol. The molecule has 2 aromatic heterocycles. The number of nitrogens with one attached hydrogen (secondary N) is 1. The molecule has 0 radical (unpaired) electrons. The summed E-state index contributed by atoms with van der Waals surface area (Å²) in [6.07, 6.45) is -6.52. The van der Waals surface area contributed by atoms with Gasteiger partial charge in [-0.3, -0.25) is 9.78 Å². The van der Waals surface area contributed by atoms with Crippen molar-refractivity contribution in [3.63, 3.8) is 0 Å². The van der Waals surface area contributed by atoms with Crippen LogP contribution in [0.15, 0.2) is 66.5 Å². The molecular weight excluding hydrogens is 611 g/mol. The second-order valence-corrected chi connectivity index (χ2v) is 11.3. The Morgan fingerprint density at radius 2 is 1.72 bits per heavy atom. The predicted octanol–water partition coefficient (Wildman–Crippen LogP) is 4.87. The lowest BCUT2D eigenvalue weighted by Crippen LogP contribution is -2.48. The van der Waals surface area contributed by atoms with Crippen molar-refractivity contribution >= 4 is 15.9 Å². The van der Waals surface area contributed by atoms with Gasteiger partial charge in [0.05, 0.1) is 23.3 Å². The minimum absolute atomic E-state index is 0.0444. The zero-order valence-corrected chi connectivity index (χ0v) is 22.8. The van der Waals surface area contributed by atoms with Gasteiger partial charge < -0.3 is 10.1 Å². The summed E-state index contributed by atoms with van der Waals surface area (Å²) in [6, 6.07) is 3.15. The zero-order valence-electron chi connectivity index (χ0n) is 22.0.